The number of hydrogen-bond acceptors (Lipinski definition) is 5. The average Bonchev–Trinajstić information content (AvgIpc) is 3.19. The highest BCUT2D eigenvalue weighted by atomic mass is 32.2. The van der Waals surface area contributed by atoms with Crippen LogP contribution in [0.1, 0.15) is 25.8 Å². The fourth-order valence-corrected chi connectivity index (χ4v) is 4.36. The summed E-state index contributed by atoms with van der Waals surface area (Å²) in [6, 6.07) is 10.4. The van der Waals surface area contributed by atoms with Crippen molar-refractivity contribution in [2.45, 2.75) is 37.7 Å². The smallest absolute Gasteiger partial charge is 0.262 e. The number of para-hydroxylation sites is 1. The molecule has 2 aromatic carbocycles. The van der Waals surface area contributed by atoms with Crippen molar-refractivity contribution in [1.29, 1.82) is 0 Å². The molecule has 0 saturated carbocycles. The molecule has 0 radical (unpaired) electrons. The van der Waals surface area contributed by atoms with Crippen LogP contribution in [-0.2, 0) is 17.1 Å². The second kappa shape index (κ2) is 9.70. The summed E-state index contributed by atoms with van der Waals surface area (Å²) in [5, 5.41) is 12.2. The Labute approximate surface area is 192 Å². The maximum absolute atomic E-state index is 13.5. The highest BCUT2D eigenvalue weighted by molar-refractivity contribution is 7.98. The minimum atomic E-state index is -0.647. The third kappa shape index (κ3) is 5.05. The minimum absolute atomic E-state index is 0.124. The number of benzene rings is 2. The third-order valence-electron chi connectivity index (χ3n) is 5.04. The molecule has 4 rings (SSSR count). The van der Waals surface area contributed by atoms with Crippen LogP contribution in [0.5, 0.6) is 0 Å². The van der Waals surface area contributed by atoms with Gasteiger partial charge in [0.25, 0.3) is 5.56 Å². The van der Waals surface area contributed by atoms with E-state index in [4.69, 9.17) is 0 Å². The Morgan fingerprint density at radius 2 is 1.85 bits per heavy atom. The topological polar surface area (TPSA) is 81.3 Å². The van der Waals surface area contributed by atoms with E-state index in [9.17, 15) is 18.4 Å². The van der Waals surface area contributed by atoms with Crippen molar-refractivity contribution in [3.8, 4) is 0 Å². The van der Waals surface area contributed by atoms with Gasteiger partial charge in [-0.25, -0.2) is 8.78 Å². The molecule has 33 heavy (non-hydrogen) atoms. The maximum Gasteiger partial charge on any atom is 0.262 e. The lowest BCUT2D eigenvalue weighted by molar-refractivity contribution is -0.121. The molecule has 0 aliphatic carbocycles. The van der Waals surface area contributed by atoms with Gasteiger partial charge in [0.15, 0.2) is 5.16 Å². The van der Waals surface area contributed by atoms with E-state index in [0.717, 1.165) is 6.07 Å². The highest BCUT2D eigenvalue weighted by Crippen LogP contribution is 2.25. The Hall–Kier alpha value is -3.27. The van der Waals surface area contributed by atoms with Gasteiger partial charge in [0.05, 0.1) is 10.9 Å². The van der Waals surface area contributed by atoms with Gasteiger partial charge in [-0.1, -0.05) is 37.7 Å². The predicted molar refractivity (Wildman–Crippen MR) is 123 cm³/mol. The average molecular weight is 472 g/mol. The maximum atomic E-state index is 13.5. The van der Waals surface area contributed by atoms with E-state index in [1.807, 2.05) is 13.8 Å². The molecule has 172 valence electrons. The number of aromatic nitrogens is 4. The first-order chi connectivity index (χ1) is 15.8. The summed E-state index contributed by atoms with van der Waals surface area (Å²) in [5.74, 6) is -0.543. The van der Waals surface area contributed by atoms with Crippen LogP contribution in [0.15, 0.2) is 52.4 Å². The van der Waals surface area contributed by atoms with Crippen molar-refractivity contribution in [1.82, 2.24) is 24.5 Å². The van der Waals surface area contributed by atoms with E-state index in [1.54, 1.807) is 28.7 Å². The fourth-order valence-electron chi connectivity index (χ4n) is 3.49. The number of thioether (sulfide) groups is 1. The van der Waals surface area contributed by atoms with E-state index >= 15 is 0 Å². The van der Waals surface area contributed by atoms with E-state index < -0.39 is 11.6 Å². The minimum Gasteiger partial charge on any atom is -0.356 e. The summed E-state index contributed by atoms with van der Waals surface area (Å²) in [4.78, 5) is 25.4. The Bertz CT molecular complexity index is 1360. The molecule has 0 saturated heterocycles. The second-order valence-electron chi connectivity index (χ2n) is 8.11. The van der Waals surface area contributed by atoms with Gasteiger partial charge in [0, 0.05) is 31.3 Å². The van der Waals surface area contributed by atoms with Gasteiger partial charge in [0.1, 0.15) is 11.6 Å². The quantitative estimate of drug-likeness (QED) is 0.396. The van der Waals surface area contributed by atoms with Crippen molar-refractivity contribution >= 4 is 34.3 Å². The van der Waals surface area contributed by atoms with Gasteiger partial charge >= 0.3 is 0 Å². The molecule has 1 amide bonds. The lowest BCUT2D eigenvalue weighted by Crippen LogP contribution is -2.30. The molecule has 0 atom stereocenters. The predicted octanol–water partition coefficient (Wildman–Crippen LogP) is 3.78. The van der Waals surface area contributed by atoms with Gasteiger partial charge < -0.3 is 5.32 Å². The monoisotopic (exact) mass is 471 g/mol. The molecule has 7 nitrogen and oxygen atoms in total. The Balaban J connectivity index is 1.69. The van der Waals surface area contributed by atoms with Crippen LogP contribution in [0.25, 0.3) is 16.7 Å². The van der Waals surface area contributed by atoms with Crippen LogP contribution in [0.4, 0.5) is 8.78 Å². The zero-order chi connectivity index (χ0) is 23.5. The molecule has 1 N–H and O–H groups in total. The van der Waals surface area contributed by atoms with E-state index in [2.05, 4.69) is 15.5 Å². The van der Waals surface area contributed by atoms with Crippen molar-refractivity contribution in [3.63, 3.8) is 0 Å². The normalized spacial score (nSPS) is 11.5. The van der Waals surface area contributed by atoms with Crippen molar-refractivity contribution in [2.24, 2.45) is 5.92 Å². The van der Waals surface area contributed by atoms with Crippen LogP contribution in [-0.4, -0.2) is 31.6 Å². The first kappa shape index (κ1) is 22.9. The first-order valence-electron chi connectivity index (χ1n) is 10.5. The number of carbonyl (C=O) groups excluding carboxylic acids is 1. The number of amides is 1. The Kier molecular flexibility index (Phi) is 6.73. The van der Waals surface area contributed by atoms with Gasteiger partial charge in [-0.15, -0.1) is 10.2 Å². The highest BCUT2D eigenvalue weighted by Gasteiger charge is 2.18. The molecule has 0 unspecified atom stereocenters. The molecule has 2 aromatic heterocycles. The lowest BCUT2D eigenvalue weighted by atomic mass is 10.2. The van der Waals surface area contributed by atoms with Crippen molar-refractivity contribution < 1.29 is 13.6 Å². The summed E-state index contributed by atoms with van der Waals surface area (Å²) in [6.45, 7) is 4.72. The number of carbonyl (C=O) groups is 1. The summed E-state index contributed by atoms with van der Waals surface area (Å²) in [6.07, 6.45) is 0.124. The zero-order valence-electron chi connectivity index (χ0n) is 18.2. The molecular weight excluding hydrogens is 448 g/mol. The SMILES string of the molecule is CC(C)CNC(=O)CCn1c(=O)c2ccccc2n2c(SCc3cc(F)cc(F)c3)nnc12. The largest absolute Gasteiger partial charge is 0.356 e. The van der Waals surface area contributed by atoms with Crippen LogP contribution >= 0.6 is 11.8 Å². The summed E-state index contributed by atoms with van der Waals surface area (Å²) in [5.41, 5.74) is 0.829. The molecule has 0 aliphatic heterocycles. The lowest BCUT2D eigenvalue weighted by Gasteiger charge is -2.12. The van der Waals surface area contributed by atoms with Crippen LogP contribution < -0.4 is 10.9 Å². The summed E-state index contributed by atoms with van der Waals surface area (Å²) < 4.78 is 30.3. The van der Waals surface area contributed by atoms with E-state index in [0.29, 0.717) is 39.9 Å². The Morgan fingerprint density at radius 3 is 2.58 bits per heavy atom. The number of hydrogen-bond donors (Lipinski definition) is 1. The van der Waals surface area contributed by atoms with Gasteiger partial charge in [-0.3, -0.25) is 18.6 Å². The van der Waals surface area contributed by atoms with Crippen LogP contribution in [0.3, 0.4) is 0 Å². The molecular formula is C23H23F2N5O2S. The number of nitrogens with zero attached hydrogens (tertiary/aromatic N) is 4. The standard InChI is InChI=1S/C23H23F2N5O2S/c1-14(2)12-26-20(31)7-8-29-21(32)18-5-3-4-6-19(18)30-22(29)27-28-23(30)33-13-15-9-16(24)11-17(25)10-15/h3-6,9-11,14H,7-8,12-13H2,1-2H3,(H,26,31). The van der Waals surface area contributed by atoms with Gasteiger partial charge in [0.2, 0.25) is 11.7 Å². The summed E-state index contributed by atoms with van der Waals surface area (Å²) >= 11 is 1.25. The molecule has 0 spiro atoms. The van der Waals surface area contributed by atoms with Gasteiger partial charge in [-0.2, -0.15) is 0 Å². The number of halogens is 2. The molecule has 0 fully saturated rings. The number of aryl methyl sites for hydroxylation is 1. The zero-order valence-corrected chi connectivity index (χ0v) is 19.0. The number of rotatable bonds is 8. The van der Waals surface area contributed by atoms with Crippen molar-refractivity contribution in [3.05, 3.63) is 70.0 Å². The Morgan fingerprint density at radius 1 is 1.12 bits per heavy atom. The van der Waals surface area contributed by atoms with Crippen LogP contribution in [0, 0.1) is 17.6 Å². The van der Waals surface area contributed by atoms with Crippen molar-refractivity contribution in [2.75, 3.05) is 6.54 Å². The first-order valence-corrected chi connectivity index (χ1v) is 11.5. The molecule has 4 aromatic rings. The third-order valence-corrected chi connectivity index (χ3v) is 6.04. The van der Waals surface area contributed by atoms with E-state index in [1.165, 1.54) is 28.5 Å². The molecule has 0 aliphatic rings. The number of nitrogens with one attached hydrogen (secondary N) is 1. The number of fused-ring (bicyclic) bond motifs is 3. The van der Waals surface area contributed by atoms with Crippen LogP contribution in [0.2, 0.25) is 0 Å². The van der Waals surface area contributed by atoms with E-state index in [-0.39, 0.29) is 30.2 Å². The second-order valence-corrected chi connectivity index (χ2v) is 9.05. The molecule has 0 bridgehead atoms. The summed E-state index contributed by atoms with van der Waals surface area (Å²) in [7, 11) is 0. The fraction of sp³-hybridized carbons (Fsp3) is 0.304. The molecule has 2 heterocycles. The molecule has 10 heteroatoms. The van der Waals surface area contributed by atoms with Gasteiger partial charge in [-0.05, 0) is 35.7 Å².